The topological polar surface area (TPSA) is 76.7 Å². The molecule has 0 aliphatic heterocycles. The molecule has 0 bridgehead atoms. The van der Waals surface area contributed by atoms with Crippen LogP contribution in [0, 0.1) is 0 Å². The summed E-state index contributed by atoms with van der Waals surface area (Å²) >= 11 is 1.50. The van der Waals surface area contributed by atoms with Gasteiger partial charge < -0.3 is 20.1 Å². The fourth-order valence-electron chi connectivity index (χ4n) is 2.77. The molecule has 0 aliphatic rings. The number of thiophene rings is 1. The number of hydrogen-bond acceptors (Lipinski definition) is 5. The van der Waals surface area contributed by atoms with Crippen molar-refractivity contribution in [3.05, 3.63) is 76.5 Å². The number of benzene rings is 2. The Morgan fingerprint density at radius 3 is 2.10 bits per heavy atom. The molecule has 0 unspecified atom stereocenters. The van der Waals surface area contributed by atoms with E-state index >= 15 is 0 Å². The number of methoxy groups -OCH3 is 2. The normalized spacial score (nSPS) is 11.4. The van der Waals surface area contributed by atoms with Crippen LogP contribution in [0.25, 0.3) is 0 Å². The van der Waals surface area contributed by atoms with Crippen LogP contribution in [0.3, 0.4) is 0 Å². The lowest BCUT2D eigenvalue weighted by Gasteiger charge is -2.19. The van der Waals surface area contributed by atoms with Crippen LogP contribution in [0.5, 0.6) is 11.5 Å². The van der Waals surface area contributed by atoms with Crippen LogP contribution in [0.1, 0.15) is 16.5 Å². The molecule has 7 heteroatoms. The smallest absolute Gasteiger partial charge is 0.251 e. The van der Waals surface area contributed by atoms with E-state index < -0.39 is 6.04 Å². The van der Waals surface area contributed by atoms with Gasteiger partial charge >= 0.3 is 0 Å². The second-order valence-corrected chi connectivity index (χ2v) is 7.28. The second kappa shape index (κ2) is 9.75. The average molecular weight is 410 g/mol. The van der Waals surface area contributed by atoms with E-state index in [9.17, 15) is 9.59 Å². The van der Waals surface area contributed by atoms with Crippen molar-refractivity contribution in [3.8, 4) is 11.5 Å². The molecule has 6 nitrogen and oxygen atoms in total. The summed E-state index contributed by atoms with van der Waals surface area (Å²) < 4.78 is 10.3. The zero-order valence-electron chi connectivity index (χ0n) is 16.2. The zero-order valence-corrected chi connectivity index (χ0v) is 17.0. The number of nitrogens with one attached hydrogen (secondary N) is 2. The Labute approximate surface area is 173 Å². The van der Waals surface area contributed by atoms with Gasteiger partial charge in [-0.1, -0.05) is 18.2 Å². The van der Waals surface area contributed by atoms with Crippen molar-refractivity contribution < 1.29 is 19.1 Å². The minimum Gasteiger partial charge on any atom is -0.497 e. The molecule has 3 aromatic rings. The van der Waals surface area contributed by atoms with Gasteiger partial charge in [-0.2, -0.15) is 0 Å². The fourth-order valence-corrected chi connectivity index (χ4v) is 3.47. The van der Waals surface area contributed by atoms with Crippen molar-refractivity contribution in [2.45, 2.75) is 12.5 Å². The Bertz CT molecular complexity index is 938. The number of anilines is 1. The Balaban J connectivity index is 1.77. The number of carbonyl (C=O) groups is 2. The van der Waals surface area contributed by atoms with E-state index in [4.69, 9.17) is 9.47 Å². The zero-order chi connectivity index (χ0) is 20.6. The summed E-state index contributed by atoms with van der Waals surface area (Å²) in [5.41, 5.74) is 1.28. The first-order chi connectivity index (χ1) is 14.1. The summed E-state index contributed by atoms with van der Waals surface area (Å²) in [6, 6.07) is 17.0. The molecule has 1 aromatic heterocycles. The summed E-state index contributed by atoms with van der Waals surface area (Å²) in [5.74, 6) is 0.810. The maximum Gasteiger partial charge on any atom is 0.251 e. The predicted octanol–water partition coefficient (Wildman–Crippen LogP) is 3.80. The van der Waals surface area contributed by atoms with Crippen molar-refractivity contribution in [2.24, 2.45) is 0 Å². The van der Waals surface area contributed by atoms with E-state index in [-0.39, 0.29) is 18.2 Å². The largest absolute Gasteiger partial charge is 0.497 e. The first kappa shape index (κ1) is 20.4. The Morgan fingerprint density at radius 2 is 1.55 bits per heavy atom. The Morgan fingerprint density at radius 1 is 0.931 bits per heavy atom. The molecular weight excluding hydrogens is 388 g/mol. The van der Waals surface area contributed by atoms with Gasteiger partial charge in [0.15, 0.2) is 0 Å². The van der Waals surface area contributed by atoms with Crippen LogP contribution < -0.4 is 20.1 Å². The number of rotatable bonds is 8. The molecule has 2 amide bonds. The molecule has 1 heterocycles. The fraction of sp³-hybridized carbons (Fsp3) is 0.182. The van der Waals surface area contributed by atoms with Crippen molar-refractivity contribution in [2.75, 3.05) is 19.5 Å². The van der Waals surface area contributed by atoms with Crippen molar-refractivity contribution in [1.29, 1.82) is 0 Å². The van der Waals surface area contributed by atoms with Gasteiger partial charge in [0.05, 0.1) is 20.6 Å². The molecule has 3 rings (SSSR count). The van der Waals surface area contributed by atoms with Gasteiger partial charge in [0.2, 0.25) is 5.91 Å². The number of hydrogen-bond donors (Lipinski definition) is 2. The van der Waals surface area contributed by atoms with E-state index in [2.05, 4.69) is 10.6 Å². The Hall–Kier alpha value is -3.32. The molecule has 150 valence electrons. The van der Waals surface area contributed by atoms with Crippen LogP contribution in [0.15, 0.2) is 66.0 Å². The van der Waals surface area contributed by atoms with Crippen molar-refractivity contribution >= 4 is 28.8 Å². The van der Waals surface area contributed by atoms with E-state index in [1.165, 1.54) is 11.3 Å². The molecule has 0 radical (unpaired) electrons. The molecule has 2 aromatic carbocycles. The second-order valence-electron chi connectivity index (χ2n) is 6.25. The van der Waals surface area contributed by atoms with Gasteiger partial charge in [-0.15, -0.1) is 11.3 Å². The summed E-state index contributed by atoms with van der Waals surface area (Å²) in [7, 11) is 3.15. The van der Waals surface area contributed by atoms with Gasteiger partial charge in [-0.05, 0) is 53.4 Å². The van der Waals surface area contributed by atoms with Crippen LogP contribution in [0.4, 0.5) is 5.69 Å². The highest BCUT2D eigenvalue weighted by Gasteiger charge is 2.23. The lowest BCUT2D eigenvalue weighted by Crippen LogP contribution is -2.37. The van der Waals surface area contributed by atoms with Crippen LogP contribution in [-0.4, -0.2) is 26.0 Å². The lowest BCUT2D eigenvalue weighted by molar-refractivity contribution is -0.126. The van der Waals surface area contributed by atoms with Gasteiger partial charge in [0, 0.05) is 10.6 Å². The quantitative estimate of drug-likeness (QED) is 0.592. The van der Waals surface area contributed by atoms with Crippen molar-refractivity contribution in [3.63, 3.8) is 0 Å². The highest BCUT2D eigenvalue weighted by atomic mass is 32.1. The van der Waals surface area contributed by atoms with Gasteiger partial charge in [0.25, 0.3) is 5.91 Å². The maximum absolute atomic E-state index is 13.0. The van der Waals surface area contributed by atoms with E-state index in [0.29, 0.717) is 22.7 Å². The highest BCUT2D eigenvalue weighted by Crippen LogP contribution is 2.21. The number of ether oxygens (including phenoxy) is 2. The molecule has 2 N–H and O–H groups in total. The average Bonchev–Trinajstić information content (AvgIpc) is 3.25. The lowest BCUT2D eigenvalue weighted by atomic mass is 10.1. The molecule has 0 saturated heterocycles. The summed E-state index contributed by atoms with van der Waals surface area (Å²) in [5, 5.41) is 7.61. The Kier molecular flexibility index (Phi) is 6.86. The predicted molar refractivity (Wildman–Crippen MR) is 114 cm³/mol. The molecular formula is C22H22N2O4S. The third-order valence-electron chi connectivity index (χ3n) is 4.29. The van der Waals surface area contributed by atoms with E-state index in [1.807, 2.05) is 17.5 Å². The first-order valence-corrected chi connectivity index (χ1v) is 9.87. The monoisotopic (exact) mass is 410 g/mol. The van der Waals surface area contributed by atoms with Gasteiger partial charge in [-0.25, -0.2) is 0 Å². The molecule has 0 aliphatic carbocycles. The minimum atomic E-state index is -0.838. The third kappa shape index (κ3) is 5.58. The number of carbonyl (C=O) groups excluding carboxylic acids is 2. The molecule has 29 heavy (non-hydrogen) atoms. The minimum absolute atomic E-state index is 0.222. The van der Waals surface area contributed by atoms with E-state index in [1.54, 1.807) is 62.8 Å². The van der Waals surface area contributed by atoms with Crippen LogP contribution >= 0.6 is 11.3 Å². The van der Waals surface area contributed by atoms with Crippen LogP contribution in [-0.2, 0) is 16.0 Å². The molecule has 0 spiro atoms. The van der Waals surface area contributed by atoms with Crippen LogP contribution in [0.2, 0.25) is 0 Å². The summed E-state index contributed by atoms with van der Waals surface area (Å²) in [6.45, 7) is 0. The molecule has 0 fully saturated rings. The van der Waals surface area contributed by atoms with Crippen molar-refractivity contribution in [1.82, 2.24) is 5.32 Å². The van der Waals surface area contributed by atoms with Gasteiger partial charge in [-0.3, -0.25) is 9.59 Å². The maximum atomic E-state index is 13.0. The van der Waals surface area contributed by atoms with E-state index in [0.717, 1.165) is 4.88 Å². The standard InChI is InChI=1S/C22H22N2O4S/c1-27-17-9-5-15(6-10-17)21(24-20(25)14-19-4-3-13-29-19)22(26)23-16-7-11-18(28-2)12-8-16/h3-13,21H,14H2,1-2H3,(H,23,26)(H,24,25)/t21-/m1/s1. The SMILES string of the molecule is COc1ccc(NC(=O)[C@H](NC(=O)Cc2cccs2)c2ccc(OC)cc2)cc1. The highest BCUT2D eigenvalue weighted by molar-refractivity contribution is 7.10. The summed E-state index contributed by atoms with van der Waals surface area (Å²) in [4.78, 5) is 26.4. The third-order valence-corrected chi connectivity index (χ3v) is 5.17. The molecule has 0 saturated carbocycles. The molecule has 1 atom stereocenters. The summed E-state index contributed by atoms with van der Waals surface area (Å²) in [6.07, 6.45) is 0.222. The van der Waals surface area contributed by atoms with Gasteiger partial charge in [0.1, 0.15) is 17.5 Å². The number of amides is 2. The first-order valence-electron chi connectivity index (χ1n) is 8.99.